The molecule has 0 radical (unpaired) electrons. The molecular formula is C13H9ClN2O3. The number of ketones is 1. The van der Waals surface area contributed by atoms with E-state index in [1.165, 1.54) is 24.3 Å². The maximum atomic E-state index is 12.1. The van der Waals surface area contributed by atoms with Gasteiger partial charge < -0.3 is 5.73 Å². The molecule has 0 aliphatic rings. The first kappa shape index (κ1) is 13.0. The van der Waals surface area contributed by atoms with Crippen molar-refractivity contribution in [2.45, 2.75) is 0 Å². The van der Waals surface area contributed by atoms with Crippen LogP contribution in [0.25, 0.3) is 0 Å². The van der Waals surface area contributed by atoms with Crippen LogP contribution < -0.4 is 5.73 Å². The van der Waals surface area contributed by atoms with Crippen molar-refractivity contribution in [3.05, 3.63) is 68.7 Å². The molecule has 0 aliphatic heterocycles. The molecule has 0 spiro atoms. The lowest BCUT2D eigenvalue weighted by atomic mass is 10.0. The number of nitrogen functional groups attached to an aromatic ring is 1. The number of hydrogen-bond donors (Lipinski definition) is 1. The molecule has 19 heavy (non-hydrogen) atoms. The number of hydrogen-bond acceptors (Lipinski definition) is 4. The molecular weight excluding hydrogens is 268 g/mol. The van der Waals surface area contributed by atoms with Crippen LogP contribution in [0.1, 0.15) is 15.9 Å². The molecule has 5 nitrogen and oxygen atoms in total. The van der Waals surface area contributed by atoms with Crippen molar-refractivity contribution in [3.63, 3.8) is 0 Å². The predicted octanol–water partition coefficient (Wildman–Crippen LogP) is 3.06. The summed E-state index contributed by atoms with van der Waals surface area (Å²) in [6.07, 6.45) is 0. The van der Waals surface area contributed by atoms with E-state index in [0.29, 0.717) is 10.6 Å². The van der Waals surface area contributed by atoms with Crippen LogP contribution in [0, 0.1) is 10.1 Å². The van der Waals surface area contributed by atoms with Crippen molar-refractivity contribution in [3.8, 4) is 0 Å². The van der Waals surface area contributed by atoms with Gasteiger partial charge in [0.15, 0.2) is 5.78 Å². The number of nitro groups is 1. The van der Waals surface area contributed by atoms with Gasteiger partial charge in [0.25, 0.3) is 5.69 Å². The first-order valence-electron chi connectivity index (χ1n) is 5.33. The summed E-state index contributed by atoms with van der Waals surface area (Å²) in [7, 11) is 0. The third-order valence-electron chi connectivity index (χ3n) is 2.57. The van der Waals surface area contributed by atoms with Crippen LogP contribution in [0.3, 0.4) is 0 Å². The van der Waals surface area contributed by atoms with E-state index in [1.807, 2.05) is 0 Å². The van der Waals surface area contributed by atoms with E-state index in [0.717, 1.165) is 0 Å². The first-order valence-corrected chi connectivity index (χ1v) is 5.71. The van der Waals surface area contributed by atoms with Crippen LogP contribution in [0.4, 0.5) is 11.4 Å². The van der Waals surface area contributed by atoms with E-state index in [2.05, 4.69) is 0 Å². The highest BCUT2D eigenvalue weighted by Gasteiger charge is 2.15. The summed E-state index contributed by atoms with van der Waals surface area (Å²) < 4.78 is 0. The van der Waals surface area contributed by atoms with Crippen molar-refractivity contribution in [1.82, 2.24) is 0 Å². The third kappa shape index (κ3) is 2.71. The number of rotatable bonds is 3. The molecule has 0 aliphatic carbocycles. The highest BCUT2D eigenvalue weighted by atomic mass is 35.5. The molecule has 0 bridgehead atoms. The zero-order valence-electron chi connectivity index (χ0n) is 9.67. The van der Waals surface area contributed by atoms with Gasteiger partial charge in [0.05, 0.1) is 4.92 Å². The van der Waals surface area contributed by atoms with Gasteiger partial charge >= 0.3 is 0 Å². The summed E-state index contributed by atoms with van der Waals surface area (Å²) in [4.78, 5) is 22.2. The maximum absolute atomic E-state index is 12.1. The van der Waals surface area contributed by atoms with Crippen LogP contribution in [-0.2, 0) is 0 Å². The Morgan fingerprint density at radius 2 is 1.84 bits per heavy atom. The average molecular weight is 277 g/mol. The summed E-state index contributed by atoms with van der Waals surface area (Å²) in [6, 6.07) is 10.3. The SMILES string of the molecule is Nc1cc(C(=O)c2cccc(Cl)c2)ccc1[N+](=O)[O-]. The highest BCUT2D eigenvalue weighted by molar-refractivity contribution is 6.31. The molecule has 0 heterocycles. The van der Waals surface area contributed by atoms with Gasteiger partial charge in [0, 0.05) is 22.2 Å². The van der Waals surface area contributed by atoms with Crippen molar-refractivity contribution >= 4 is 28.8 Å². The average Bonchev–Trinajstić information content (AvgIpc) is 2.37. The van der Waals surface area contributed by atoms with E-state index in [4.69, 9.17) is 17.3 Å². The fraction of sp³-hybridized carbons (Fsp3) is 0. The van der Waals surface area contributed by atoms with Crippen molar-refractivity contribution in [1.29, 1.82) is 0 Å². The molecule has 0 amide bonds. The number of nitrogens with zero attached hydrogens (tertiary/aromatic N) is 1. The molecule has 2 N–H and O–H groups in total. The second kappa shape index (κ2) is 5.07. The molecule has 2 aromatic carbocycles. The van der Waals surface area contributed by atoms with Gasteiger partial charge in [-0.3, -0.25) is 14.9 Å². The van der Waals surface area contributed by atoms with Crippen LogP contribution >= 0.6 is 11.6 Å². The molecule has 96 valence electrons. The van der Waals surface area contributed by atoms with Crippen LogP contribution in [0.15, 0.2) is 42.5 Å². The zero-order valence-corrected chi connectivity index (χ0v) is 10.4. The Hall–Kier alpha value is -2.40. The number of anilines is 1. The number of nitrogens with two attached hydrogens (primary N) is 1. The van der Waals surface area contributed by atoms with E-state index >= 15 is 0 Å². The lowest BCUT2D eigenvalue weighted by molar-refractivity contribution is -0.383. The van der Waals surface area contributed by atoms with Gasteiger partial charge in [-0.25, -0.2) is 0 Å². The molecule has 2 aromatic rings. The summed E-state index contributed by atoms with van der Waals surface area (Å²) >= 11 is 5.81. The van der Waals surface area contributed by atoms with Crippen molar-refractivity contribution < 1.29 is 9.72 Å². The van der Waals surface area contributed by atoms with Gasteiger partial charge in [-0.1, -0.05) is 23.7 Å². The Bertz CT molecular complexity index is 671. The molecule has 0 saturated carbocycles. The van der Waals surface area contributed by atoms with Crippen LogP contribution in [-0.4, -0.2) is 10.7 Å². The van der Waals surface area contributed by atoms with Gasteiger partial charge in [-0.05, 0) is 24.3 Å². The second-order valence-electron chi connectivity index (χ2n) is 3.87. The first-order chi connectivity index (χ1) is 8.99. The lowest BCUT2D eigenvalue weighted by Gasteiger charge is -2.03. The normalized spacial score (nSPS) is 10.2. The molecule has 0 atom stereocenters. The van der Waals surface area contributed by atoms with Gasteiger partial charge in [0.2, 0.25) is 0 Å². The monoisotopic (exact) mass is 276 g/mol. The number of carbonyl (C=O) groups excluding carboxylic acids is 1. The molecule has 2 rings (SSSR count). The standard InChI is InChI=1S/C13H9ClN2O3/c14-10-3-1-2-8(6-10)13(17)9-4-5-12(16(18)19)11(15)7-9/h1-7H,15H2. The molecule has 0 unspecified atom stereocenters. The van der Waals surface area contributed by atoms with Crippen LogP contribution in [0.5, 0.6) is 0 Å². The number of nitro benzene ring substituents is 1. The molecule has 6 heteroatoms. The van der Waals surface area contributed by atoms with Gasteiger partial charge in [-0.2, -0.15) is 0 Å². The summed E-state index contributed by atoms with van der Waals surface area (Å²) in [5.74, 6) is -0.288. The summed E-state index contributed by atoms with van der Waals surface area (Å²) in [5.41, 5.74) is 5.97. The van der Waals surface area contributed by atoms with Gasteiger partial charge in [0.1, 0.15) is 5.69 Å². The Balaban J connectivity index is 2.40. The second-order valence-corrected chi connectivity index (χ2v) is 4.31. The minimum Gasteiger partial charge on any atom is -0.393 e. The van der Waals surface area contributed by atoms with Crippen LogP contribution in [0.2, 0.25) is 5.02 Å². The Kier molecular flexibility index (Phi) is 3.48. The van der Waals surface area contributed by atoms with Crippen molar-refractivity contribution in [2.24, 2.45) is 0 Å². The maximum Gasteiger partial charge on any atom is 0.292 e. The van der Waals surface area contributed by atoms with E-state index in [9.17, 15) is 14.9 Å². The third-order valence-corrected chi connectivity index (χ3v) is 2.81. The lowest BCUT2D eigenvalue weighted by Crippen LogP contribution is -2.03. The Morgan fingerprint density at radius 1 is 1.16 bits per heavy atom. The van der Waals surface area contributed by atoms with Gasteiger partial charge in [-0.15, -0.1) is 0 Å². The summed E-state index contributed by atoms with van der Waals surface area (Å²) in [5, 5.41) is 11.1. The Morgan fingerprint density at radius 3 is 2.42 bits per heavy atom. The number of benzene rings is 2. The minimum absolute atomic E-state index is 0.0436. The molecule has 0 saturated heterocycles. The Labute approximate surface area is 113 Å². The van der Waals surface area contributed by atoms with Crippen molar-refractivity contribution in [2.75, 3.05) is 5.73 Å². The number of halogens is 1. The van der Waals surface area contributed by atoms with E-state index in [1.54, 1.807) is 18.2 Å². The molecule has 0 fully saturated rings. The topological polar surface area (TPSA) is 86.2 Å². The fourth-order valence-electron chi connectivity index (χ4n) is 1.66. The van der Waals surface area contributed by atoms with E-state index < -0.39 is 4.92 Å². The predicted molar refractivity (Wildman–Crippen MR) is 72.4 cm³/mol. The quantitative estimate of drug-likeness (QED) is 0.404. The highest BCUT2D eigenvalue weighted by Crippen LogP contribution is 2.24. The number of carbonyl (C=O) groups is 1. The largest absolute Gasteiger partial charge is 0.393 e. The zero-order chi connectivity index (χ0) is 14.0. The minimum atomic E-state index is -0.594. The molecule has 0 aromatic heterocycles. The van der Waals surface area contributed by atoms with E-state index in [-0.39, 0.29) is 22.7 Å². The summed E-state index contributed by atoms with van der Waals surface area (Å²) in [6.45, 7) is 0. The smallest absolute Gasteiger partial charge is 0.292 e. The fourth-order valence-corrected chi connectivity index (χ4v) is 1.85.